The lowest BCUT2D eigenvalue weighted by molar-refractivity contribution is 0.0963. The van der Waals surface area contributed by atoms with Crippen LogP contribution in [0.1, 0.15) is 39.8 Å². The summed E-state index contributed by atoms with van der Waals surface area (Å²) in [6.07, 6.45) is 0. The van der Waals surface area contributed by atoms with E-state index >= 15 is 0 Å². The largest absolute Gasteiger partial charge is 0.357 e. The quantitative estimate of drug-likeness (QED) is 0.543. The Morgan fingerprint density at radius 1 is 1.27 bits per heavy atom. The molecule has 0 bridgehead atoms. The molecule has 0 unspecified atom stereocenters. The minimum absolute atomic E-state index is 0.0941. The van der Waals surface area contributed by atoms with Gasteiger partial charge in [-0.1, -0.05) is 12.1 Å². The van der Waals surface area contributed by atoms with Gasteiger partial charge in [-0.15, -0.1) is 0 Å². The van der Waals surface area contributed by atoms with Crippen LogP contribution in [0.25, 0.3) is 0 Å². The topological polar surface area (TPSA) is 83.3 Å². The molecule has 1 aromatic carbocycles. The predicted octanol–water partition coefficient (Wildman–Crippen LogP) is 1.65. The molecule has 0 radical (unpaired) electrons. The van der Waals surface area contributed by atoms with Gasteiger partial charge in [-0.25, -0.2) is 4.99 Å². The maximum atomic E-state index is 11.8. The summed E-state index contributed by atoms with van der Waals surface area (Å²) in [7, 11) is 3.58. The third-order valence-corrected chi connectivity index (χ3v) is 4.27. The molecule has 2 rings (SSSR count). The van der Waals surface area contributed by atoms with E-state index in [1.807, 2.05) is 43.8 Å². The molecule has 7 nitrogen and oxygen atoms in total. The molecule has 0 spiro atoms. The lowest BCUT2D eigenvalue weighted by Gasteiger charge is -2.12. The van der Waals surface area contributed by atoms with Crippen LogP contribution in [0.4, 0.5) is 0 Å². The number of carbonyl (C=O) groups excluding carboxylic acids is 1. The predicted molar refractivity (Wildman–Crippen MR) is 104 cm³/mol. The molecule has 26 heavy (non-hydrogen) atoms. The number of benzene rings is 1. The number of nitrogens with zero attached hydrogens (tertiary/aromatic N) is 3. The summed E-state index contributed by atoms with van der Waals surface area (Å²) in [5.74, 6) is 0.642. The van der Waals surface area contributed by atoms with Crippen molar-refractivity contribution in [2.75, 3.05) is 13.6 Å². The SMILES string of the molecule is CCNC(=NCc1cccc(C(=O)NC)c1)NCc1c(C)nn(C)c1C. The molecule has 0 aliphatic rings. The third-order valence-electron chi connectivity index (χ3n) is 4.27. The molecule has 3 N–H and O–H groups in total. The van der Waals surface area contributed by atoms with E-state index in [0.717, 1.165) is 29.5 Å². The summed E-state index contributed by atoms with van der Waals surface area (Å²) in [5.41, 5.74) is 4.97. The van der Waals surface area contributed by atoms with Gasteiger partial charge in [-0.2, -0.15) is 5.10 Å². The lowest BCUT2D eigenvalue weighted by Crippen LogP contribution is -2.37. The second-order valence-corrected chi connectivity index (χ2v) is 6.10. The smallest absolute Gasteiger partial charge is 0.251 e. The number of guanidine groups is 1. The lowest BCUT2D eigenvalue weighted by atomic mass is 10.1. The number of rotatable bonds is 6. The van der Waals surface area contributed by atoms with E-state index in [1.165, 1.54) is 5.56 Å². The van der Waals surface area contributed by atoms with E-state index < -0.39 is 0 Å². The van der Waals surface area contributed by atoms with E-state index in [0.29, 0.717) is 18.7 Å². The van der Waals surface area contributed by atoms with E-state index in [4.69, 9.17) is 0 Å². The zero-order valence-electron chi connectivity index (χ0n) is 16.2. The Hall–Kier alpha value is -2.83. The fourth-order valence-corrected chi connectivity index (χ4v) is 2.71. The number of hydrogen-bond acceptors (Lipinski definition) is 3. The van der Waals surface area contributed by atoms with Gasteiger partial charge in [0.05, 0.1) is 12.2 Å². The molecule has 0 aliphatic heterocycles. The van der Waals surface area contributed by atoms with Crippen LogP contribution in [0.5, 0.6) is 0 Å². The highest BCUT2D eigenvalue weighted by Crippen LogP contribution is 2.11. The van der Waals surface area contributed by atoms with E-state index in [1.54, 1.807) is 13.1 Å². The van der Waals surface area contributed by atoms with Gasteiger partial charge >= 0.3 is 0 Å². The maximum absolute atomic E-state index is 11.8. The molecule has 0 aliphatic carbocycles. The molecule has 0 atom stereocenters. The van der Waals surface area contributed by atoms with Gasteiger partial charge in [0, 0.05) is 44.0 Å². The first-order valence-corrected chi connectivity index (χ1v) is 8.78. The average molecular weight is 356 g/mol. The van der Waals surface area contributed by atoms with Crippen LogP contribution < -0.4 is 16.0 Å². The highest BCUT2D eigenvalue weighted by Gasteiger charge is 2.10. The fraction of sp³-hybridized carbons (Fsp3) is 0.421. The molecule has 0 saturated carbocycles. The highest BCUT2D eigenvalue weighted by molar-refractivity contribution is 5.94. The second-order valence-electron chi connectivity index (χ2n) is 6.10. The van der Waals surface area contributed by atoms with Crippen molar-refractivity contribution >= 4 is 11.9 Å². The van der Waals surface area contributed by atoms with Crippen LogP contribution in [0, 0.1) is 13.8 Å². The minimum Gasteiger partial charge on any atom is -0.357 e. The highest BCUT2D eigenvalue weighted by atomic mass is 16.1. The first kappa shape index (κ1) is 19.5. The molecular weight excluding hydrogens is 328 g/mol. The number of aryl methyl sites for hydroxylation is 2. The van der Waals surface area contributed by atoms with Crippen LogP contribution in [-0.2, 0) is 20.1 Å². The van der Waals surface area contributed by atoms with Crippen LogP contribution in [0.3, 0.4) is 0 Å². The summed E-state index contributed by atoms with van der Waals surface area (Å²) >= 11 is 0. The van der Waals surface area contributed by atoms with Crippen molar-refractivity contribution in [2.45, 2.75) is 33.9 Å². The van der Waals surface area contributed by atoms with Crippen molar-refractivity contribution in [1.29, 1.82) is 0 Å². The van der Waals surface area contributed by atoms with Crippen molar-refractivity contribution in [3.8, 4) is 0 Å². The summed E-state index contributed by atoms with van der Waals surface area (Å²) < 4.78 is 1.89. The Labute approximate surface area is 154 Å². The standard InChI is InChI=1S/C19H28N6O/c1-6-21-19(23-12-17-13(2)24-25(5)14(17)3)22-11-15-8-7-9-16(10-15)18(26)20-4/h7-10H,6,11-12H2,1-5H3,(H,20,26)(H2,21,22,23). The van der Waals surface area contributed by atoms with Gasteiger partial charge < -0.3 is 16.0 Å². The molecule has 1 heterocycles. The Morgan fingerprint density at radius 2 is 2.04 bits per heavy atom. The first-order chi connectivity index (χ1) is 12.5. The fourth-order valence-electron chi connectivity index (χ4n) is 2.71. The Bertz CT molecular complexity index is 793. The molecule has 0 fully saturated rings. The van der Waals surface area contributed by atoms with Gasteiger partial charge in [0.25, 0.3) is 5.91 Å². The first-order valence-electron chi connectivity index (χ1n) is 8.78. The Balaban J connectivity index is 2.08. The number of carbonyl (C=O) groups is 1. The van der Waals surface area contributed by atoms with Crippen molar-refractivity contribution in [2.24, 2.45) is 12.0 Å². The summed E-state index contributed by atoms with van der Waals surface area (Å²) in [4.78, 5) is 16.4. The van der Waals surface area contributed by atoms with Crippen molar-refractivity contribution in [3.63, 3.8) is 0 Å². The number of hydrogen-bond donors (Lipinski definition) is 3. The van der Waals surface area contributed by atoms with Crippen molar-refractivity contribution < 1.29 is 4.79 Å². The van der Waals surface area contributed by atoms with Gasteiger partial charge in [-0.3, -0.25) is 9.48 Å². The number of nitrogens with one attached hydrogen (secondary N) is 3. The third kappa shape index (κ3) is 4.84. The van der Waals surface area contributed by atoms with Gasteiger partial charge in [-0.05, 0) is 38.5 Å². The Kier molecular flexibility index (Phi) is 6.77. The van der Waals surface area contributed by atoms with Crippen molar-refractivity contribution in [3.05, 3.63) is 52.3 Å². The minimum atomic E-state index is -0.0941. The molecule has 1 amide bonds. The molecule has 0 saturated heterocycles. The van der Waals surface area contributed by atoms with Crippen LogP contribution >= 0.6 is 0 Å². The van der Waals surface area contributed by atoms with Crippen molar-refractivity contribution in [1.82, 2.24) is 25.7 Å². The van der Waals surface area contributed by atoms with Crippen LogP contribution in [0.2, 0.25) is 0 Å². The second kappa shape index (κ2) is 9.03. The molecule has 7 heteroatoms. The van der Waals surface area contributed by atoms with Crippen LogP contribution in [0.15, 0.2) is 29.3 Å². The summed E-state index contributed by atoms with van der Waals surface area (Å²) in [6.45, 7) is 8.03. The van der Waals surface area contributed by atoms with Gasteiger partial charge in [0.1, 0.15) is 0 Å². The molecule has 2 aromatic rings. The zero-order valence-corrected chi connectivity index (χ0v) is 16.2. The van der Waals surface area contributed by atoms with E-state index in [9.17, 15) is 4.79 Å². The van der Waals surface area contributed by atoms with Gasteiger partial charge in [0.2, 0.25) is 0 Å². The summed E-state index contributed by atoms with van der Waals surface area (Å²) in [6, 6.07) is 7.50. The van der Waals surface area contributed by atoms with Gasteiger partial charge in [0.15, 0.2) is 5.96 Å². The summed E-state index contributed by atoms with van der Waals surface area (Å²) in [5, 5.41) is 13.7. The maximum Gasteiger partial charge on any atom is 0.251 e. The monoisotopic (exact) mass is 356 g/mol. The van der Waals surface area contributed by atoms with Crippen LogP contribution in [-0.4, -0.2) is 35.2 Å². The number of aliphatic imine (C=N–C) groups is 1. The zero-order chi connectivity index (χ0) is 19.1. The molecular formula is C19H28N6O. The number of amides is 1. The molecule has 1 aromatic heterocycles. The molecule has 140 valence electrons. The van der Waals surface area contributed by atoms with E-state index in [-0.39, 0.29) is 5.91 Å². The average Bonchev–Trinajstić information content (AvgIpc) is 2.89. The Morgan fingerprint density at radius 3 is 2.65 bits per heavy atom. The van der Waals surface area contributed by atoms with E-state index in [2.05, 4.69) is 33.0 Å². The normalized spacial score (nSPS) is 11.3. The number of aromatic nitrogens is 2.